The molecule has 0 spiro atoms. The van der Waals surface area contributed by atoms with E-state index in [1.54, 1.807) is 24.2 Å². The largest absolute Gasteiger partial charge is 0.484 e. The Kier molecular flexibility index (Phi) is 6.94. The molecule has 7 heteroatoms. The van der Waals surface area contributed by atoms with Crippen molar-refractivity contribution in [3.63, 3.8) is 0 Å². The smallest absolute Gasteiger partial charge is 0.275 e. The number of carbonyl (C=O) groups is 1. The number of carbonyl (C=O) groups excluding carboxylic acids is 1. The highest BCUT2D eigenvalue weighted by Crippen LogP contribution is 2.13. The van der Waals surface area contributed by atoms with Crippen LogP contribution in [-0.2, 0) is 6.61 Å². The van der Waals surface area contributed by atoms with E-state index in [2.05, 4.69) is 28.9 Å². The normalized spacial score (nSPS) is 10.9. The van der Waals surface area contributed by atoms with Crippen LogP contribution in [0.1, 0.15) is 35.8 Å². The summed E-state index contributed by atoms with van der Waals surface area (Å²) in [7, 11) is 1.77. The van der Waals surface area contributed by atoms with Crippen LogP contribution in [0, 0.1) is 6.92 Å². The van der Waals surface area contributed by atoms with Gasteiger partial charge in [0.25, 0.3) is 5.91 Å². The zero-order chi connectivity index (χ0) is 18.2. The molecule has 0 bridgehead atoms. The third-order valence-corrected chi connectivity index (χ3v) is 4.04. The Hall–Kier alpha value is -2.41. The van der Waals surface area contributed by atoms with Gasteiger partial charge in [-0.3, -0.25) is 9.78 Å². The fourth-order valence-corrected chi connectivity index (χ4v) is 2.30. The zero-order valence-corrected chi connectivity index (χ0v) is 15.4. The first kappa shape index (κ1) is 18.9. The Morgan fingerprint density at radius 2 is 2.00 bits per heavy atom. The summed E-state index contributed by atoms with van der Waals surface area (Å²) in [5.74, 6) is 0.992. The molecular weight excluding hydrogens is 320 g/mol. The van der Waals surface area contributed by atoms with Crippen LogP contribution < -0.4 is 4.74 Å². The van der Waals surface area contributed by atoms with Gasteiger partial charge in [0.05, 0.1) is 6.20 Å². The number of hydrogen-bond donors (Lipinski definition) is 0. The molecule has 2 rings (SSSR count). The second-order valence-corrected chi connectivity index (χ2v) is 5.86. The SMILES string of the molecule is CCN(CC)CCN(C)C(=O)c1cc(COc2ccc(C)nc2)on1. The van der Waals surface area contributed by atoms with Crippen molar-refractivity contribution >= 4 is 5.91 Å². The van der Waals surface area contributed by atoms with Crippen molar-refractivity contribution in [1.82, 2.24) is 19.9 Å². The Balaban J connectivity index is 1.86. The molecule has 25 heavy (non-hydrogen) atoms. The molecule has 2 aromatic rings. The zero-order valence-electron chi connectivity index (χ0n) is 15.4. The summed E-state index contributed by atoms with van der Waals surface area (Å²) in [6.45, 7) is 9.76. The predicted octanol–water partition coefficient (Wildman–Crippen LogP) is 2.37. The van der Waals surface area contributed by atoms with Crippen LogP contribution in [0.25, 0.3) is 0 Å². The van der Waals surface area contributed by atoms with Crippen LogP contribution >= 0.6 is 0 Å². The lowest BCUT2D eigenvalue weighted by Crippen LogP contribution is -2.36. The molecular formula is C18H26N4O3. The maximum absolute atomic E-state index is 12.4. The highest BCUT2D eigenvalue weighted by Gasteiger charge is 2.17. The van der Waals surface area contributed by atoms with Crippen molar-refractivity contribution in [3.05, 3.63) is 41.5 Å². The predicted molar refractivity (Wildman–Crippen MR) is 94.6 cm³/mol. The first-order valence-corrected chi connectivity index (χ1v) is 8.52. The van der Waals surface area contributed by atoms with Gasteiger partial charge < -0.3 is 19.1 Å². The Morgan fingerprint density at radius 3 is 2.64 bits per heavy atom. The Bertz CT molecular complexity index is 665. The van der Waals surface area contributed by atoms with Crippen LogP contribution in [0.3, 0.4) is 0 Å². The lowest BCUT2D eigenvalue weighted by Gasteiger charge is -2.22. The number of aryl methyl sites for hydroxylation is 1. The summed E-state index contributed by atoms with van der Waals surface area (Å²) in [4.78, 5) is 20.5. The number of ether oxygens (including phenoxy) is 1. The number of likely N-dealkylation sites (N-methyl/N-ethyl adjacent to an activating group) is 2. The molecule has 0 unspecified atom stereocenters. The van der Waals surface area contributed by atoms with Crippen molar-refractivity contribution in [1.29, 1.82) is 0 Å². The number of amides is 1. The van der Waals surface area contributed by atoms with Crippen LogP contribution in [0.4, 0.5) is 0 Å². The molecule has 0 fully saturated rings. The van der Waals surface area contributed by atoms with Gasteiger partial charge in [-0.15, -0.1) is 0 Å². The van der Waals surface area contributed by atoms with E-state index < -0.39 is 0 Å². The van der Waals surface area contributed by atoms with Gasteiger partial charge in [-0.1, -0.05) is 19.0 Å². The first-order valence-electron chi connectivity index (χ1n) is 8.52. The van der Waals surface area contributed by atoms with E-state index in [1.807, 2.05) is 19.1 Å². The number of rotatable bonds is 9. The molecule has 0 saturated heterocycles. The van der Waals surface area contributed by atoms with Crippen molar-refractivity contribution in [2.75, 3.05) is 33.2 Å². The van der Waals surface area contributed by atoms with Crippen molar-refractivity contribution in [2.24, 2.45) is 0 Å². The summed E-state index contributed by atoms with van der Waals surface area (Å²) in [6, 6.07) is 5.33. The van der Waals surface area contributed by atoms with Crippen LogP contribution in [-0.4, -0.2) is 59.1 Å². The minimum Gasteiger partial charge on any atom is -0.484 e. The van der Waals surface area contributed by atoms with E-state index in [0.717, 1.165) is 25.3 Å². The first-order chi connectivity index (χ1) is 12.0. The molecule has 0 saturated carbocycles. The van der Waals surface area contributed by atoms with Crippen LogP contribution in [0.2, 0.25) is 0 Å². The number of nitrogens with zero attached hydrogens (tertiary/aromatic N) is 4. The van der Waals surface area contributed by atoms with E-state index in [-0.39, 0.29) is 12.5 Å². The second kappa shape index (κ2) is 9.17. The third kappa shape index (κ3) is 5.56. The molecule has 0 radical (unpaired) electrons. The molecule has 2 aromatic heterocycles. The molecule has 0 aromatic carbocycles. The maximum atomic E-state index is 12.4. The number of aromatic nitrogens is 2. The fraction of sp³-hybridized carbons (Fsp3) is 0.500. The summed E-state index contributed by atoms with van der Waals surface area (Å²) in [5.41, 5.74) is 1.22. The van der Waals surface area contributed by atoms with Gasteiger partial charge in [-0.05, 0) is 32.1 Å². The van der Waals surface area contributed by atoms with Gasteiger partial charge in [0.2, 0.25) is 0 Å². The molecule has 0 aliphatic heterocycles. The quantitative estimate of drug-likeness (QED) is 0.694. The summed E-state index contributed by atoms with van der Waals surface area (Å²) >= 11 is 0. The van der Waals surface area contributed by atoms with E-state index in [4.69, 9.17) is 9.26 Å². The van der Waals surface area contributed by atoms with Crippen LogP contribution in [0.15, 0.2) is 28.9 Å². The lowest BCUT2D eigenvalue weighted by molar-refractivity contribution is 0.0769. The van der Waals surface area contributed by atoms with E-state index in [1.165, 1.54) is 0 Å². The maximum Gasteiger partial charge on any atom is 0.275 e. The van der Waals surface area contributed by atoms with Crippen LogP contribution in [0.5, 0.6) is 5.75 Å². The van der Waals surface area contributed by atoms with E-state index in [0.29, 0.717) is 23.7 Å². The highest BCUT2D eigenvalue weighted by molar-refractivity contribution is 5.92. The standard InChI is InChI=1S/C18H26N4O3/c1-5-22(6-2)10-9-21(4)18(23)17-11-16(25-20-17)13-24-15-8-7-14(3)19-12-15/h7-8,11-12H,5-6,9-10,13H2,1-4H3. The monoisotopic (exact) mass is 346 g/mol. The average Bonchev–Trinajstić information content (AvgIpc) is 3.10. The average molecular weight is 346 g/mol. The Labute approximate surface area is 148 Å². The van der Waals surface area contributed by atoms with E-state index in [9.17, 15) is 4.79 Å². The minimum atomic E-state index is -0.154. The highest BCUT2D eigenvalue weighted by atomic mass is 16.5. The van der Waals surface area contributed by atoms with Crippen molar-refractivity contribution < 1.29 is 14.1 Å². The molecule has 1 amide bonds. The van der Waals surface area contributed by atoms with Gasteiger partial charge in [-0.2, -0.15) is 0 Å². The Morgan fingerprint density at radius 1 is 1.24 bits per heavy atom. The summed E-state index contributed by atoms with van der Waals surface area (Å²) < 4.78 is 10.8. The molecule has 7 nitrogen and oxygen atoms in total. The van der Waals surface area contributed by atoms with Gasteiger partial charge in [-0.25, -0.2) is 0 Å². The fourth-order valence-electron chi connectivity index (χ4n) is 2.30. The second-order valence-electron chi connectivity index (χ2n) is 5.86. The molecule has 0 N–H and O–H groups in total. The van der Waals surface area contributed by atoms with Gasteiger partial charge in [0.1, 0.15) is 12.4 Å². The minimum absolute atomic E-state index is 0.154. The number of pyridine rings is 1. The van der Waals surface area contributed by atoms with E-state index >= 15 is 0 Å². The topological polar surface area (TPSA) is 71.7 Å². The van der Waals surface area contributed by atoms with Gasteiger partial charge in [0.15, 0.2) is 11.5 Å². The molecule has 0 atom stereocenters. The lowest BCUT2D eigenvalue weighted by atomic mass is 10.3. The summed E-state index contributed by atoms with van der Waals surface area (Å²) in [6.07, 6.45) is 1.65. The molecule has 2 heterocycles. The summed E-state index contributed by atoms with van der Waals surface area (Å²) in [5, 5.41) is 3.86. The molecule has 0 aliphatic rings. The van der Waals surface area contributed by atoms with Gasteiger partial charge >= 0.3 is 0 Å². The molecule has 136 valence electrons. The van der Waals surface area contributed by atoms with Crippen molar-refractivity contribution in [3.8, 4) is 5.75 Å². The molecule has 0 aliphatic carbocycles. The number of hydrogen-bond acceptors (Lipinski definition) is 6. The van der Waals surface area contributed by atoms with Crippen molar-refractivity contribution in [2.45, 2.75) is 27.4 Å². The third-order valence-electron chi connectivity index (χ3n) is 4.04. The van der Waals surface area contributed by atoms with Gasteiger partial charge in [0, 0.05) is 31.9 Å².